The van der Waals surface area contributed by atoms with Crippen molar-refractivity contribution in [3.63, 3.8) is 0 Å². The van der Waals surface area contributed by atoms with Crippen LogP contribution in [0.4, 0.5) is 10.1 Å². The second-order valence-electron chi connectivity index (χ2n) is 7.65. The number of halogens is 3. The van der Waals surface area contributed by atoms with Gasteiger partial charge in [0.1, 0.15) is 11.6 Å². The fourth-order valence-electron chi connectivity index (χ4n) is 4.25. The molecule has 1 fully saturated rings. The maximum atomic E-state index is 14.1. The largest absolute Gasteiger partial charge is 0.497 e. The van der Waals surface area contributed by atoms with Gasteiger partial charge in [-0.25, -0.2) is 4.39 Å². The van der Waals surface area contributed by atoms with Gasteiger partial charge in [0, 0.05) is 18.3 Å². The van der Waals surface area contributed by atoms with Crippen LogP contribution in [0, 0.1) is 5.82 Å². The summed E-state index contributed by atoms with van der Waals surface area (Å²) in [5.74, 6) is 0.627. The quantitative estimate of drug-likeness (QED) is 0.641. The molecule has 0 saturated carbocycles. The van der Waals surface area contributed by atoms with Gasteiger partial charge >= 0.3 is 0 Å². The van der Waals surface area contributed by atoms with Crippen molar-refractivity contribution in [2.75, 3.05) is 31.6 Å². The van der Waals surface area contributed by atoms with Gasteiger partial charge < -0.3 is 20.3 Å². The maximum Gasteiger partial charge on any atom is 0.123 e. The second kappa shape index (κ2) is 11.4. The third-order valence-corrected chi connectivity index (χ3v) is 5.84. The van der Waals surface area contributed by atoms with Crippen LogP contribution >= 0.6 is 24.8 Å². The van der Waals surface area contributed by atoms with Crippen molar-refractivity contribution in [1.29, 1.82) is 0 Å². The van der Waals surface area contributed by atoms with E-state index >= 15 is 0 Å². The summed E-state index contributed by atoms with van der Waals surface area (Å²) in [6, 6.07) is 15.5. The van der Waals surface area contributed by atoms with E-state index in [1.165, 1.54) is 6.07 Å². The van der Waals surface area contributed by atoms with E-state index in [1.54, 1.807) is 19.2 Å². The van der Waals surface area contributed by atoms with Crippen LogP contribution in [0.3, 0.4) is 0 Å². The van der Waals surface area contributed by atoms with E-state index in [-0.39, 0.29) is 30.6 Å². The van der Waals surface area contributed by atoms with Gasteiger partial charge in [0.2, 0.25) is 0 Å². The molecular weight excluding hydrogens is 436 g/mol. The van der Waals surface area contributed by atoms with E-state index in [2.05, 4.69) is 33.7 Å². The van der Waals surface area contributed by atoms with Crippen molar-refractivity contribution >= 4 is 30.5 Å². The molecule has 1 saturated heterocycles. The molecular formula is C24H30Cl2FN3O. The monoisotopic (exact) mass is 465 g/mol. The fourth-order valence-corrected chi connectivity index (χ4v) is 4.25. The molecule has 2 heterocycles. The van der Waals surface area contributed by atoms with Crippen LogP contribution in [0.5, 0.6) is 5.75 Å². The van der Waals surface area contributed by atoms with E-state index in [0.717, 1.165) is 42.9 Å². The number of nitrogens with one attached hydrogen (secondary N) is 2. The minimum Gasteiger partial charge on any atom is -0.497 e. The van der Waals surface area contributed by atoms with Gasteiger partial charge in [0.15, 0.2) is 0 Å². The van der Waals surface area contributed by atoms with Crippen LogP contribution < -0.4 is 20.3 Å². The van der Waals surface area contributed by atoms with E-state index < -0.39 is 5.54 Å². The highest BCUT2D eigenvalue weighted by atomic mass is 35.5. The highest BCUT2D eigenvalue weighted by Gasteiger charge is 2.35. The summed E-state index contributed by atoms with van der Waals surface area (Å²) in [6.07, 6.45) is 10.2. The Labute approximate surface area is 196 Å². The zero-order chi connectivity index (χ0) is 20.1. The van der Waals surface area contributed by atoms with Crippen LogP contribution in [0.1, 0.15) is 18.4 Å². The number of rotatable bonds is 6. The Balaban J connectivity index is 0.00000171. The molecule has 0 spiro atoms. The summed E-state index contributed by atoms with van der Waals surface area (Å²) >= 11 is 0. The Kier molecular flexibility index (Phi) is 9.23. The molecule has 7 heteroatoms. The van der Waals surface area contributed by atoms with E-state index in [9.17, 15) is 4.39 Å². The first-order chi connectivity index (χ1) is 14.2. The van der Waals surface area contributed by atoms with Crippen LogP contribution in [0.2, 0.25) is 0 Å². The highest BCUT2D eigenvalue weighted by Crippen LogP contribution is 2.32. The third kappa shape index (κ3) is 5.73. The first kappa shape index (κ1) is 25.1. The SMILES string of the molecule is COc1ccc(N(CC2(c3cccc(F)c3)C=CC=CN2)C2CCNCC2)cc1.Cl.Cl. The first-order valence-corrected chi connectivity index (χ1v) is 10.2. The average molecular weight is 466 g/mol. The number of piperidine rings is 1. The molecule has 4 rings (SSSR count). The molecule has 0 aromatic heterocycles. The first-order valence-electron chi connectivity index (χ1n) is 10.2. The molecule has 168 valence electrons. The van der Waals surface area contributed by atoms with Crippen LogP contribution in [0.25, 0.3) is 0 Å². The van der Waals surface area contributed by atoms with E-state index in [0.29, 0.717) is 12.6 Å². The Bertz CT molecular complexity index is 885. The van der Waals surface area contributed by atoms with Gasteiger partial charge in [0.05, 0.1) is 12.6 Å². The zero-order valence-corrected chi connectivity index (χ0v) is 19.2. The zero-order valence-electron chi connectivity index (χ0n) is 17.6. The van der Waals surface area contributed by atoms with Crippen LogP contribution in [0.15, 0.2) is 73.0 Å². The van der Waals surface area contributed by atoms with Gasteiger partial charge in [-0.05, 0) is 80.2 Å². The molecule has 1 unspecified atom stereocenters. The number of dihydropyridines is 1. The molecule has 2 aromatic rings. The summed E-state index contributed by atoms with van der Waals surface area (Å²) in [5, 5.41) is 6.98. The van der Waals surface area contributed by atoms with Gasteiger partial charge in [-0.3, -0.25) is 0 Å². The van der Waals surface area contributed by atoms with Crippen molar-refractivity contribution in [2.24, 2.45) is 0 Å². The fraction of sp³-hybridized carbons (Fsp3) is 0.333. The molecule has 2 N–H and O–H groups in total. The summed E-state index contributed by atoms with van der Waals surface area (Å²) in [7, 11) is 1.68. The smallest absolute Gasteiger partial charge is 0.123 e. The predicted octanol–water partition coefficient (Wildman–Crippen LogP) is 4.80. The maximum absolute atomic E-state index is 14.1. The Morgan fingerprint density at radius 1 is 1.06 bits per heavy atom. The predicted molar refractivity (Wildman–Crippen MR) is 130 cm³/mol. The summed E-state index contributed by atoms with van der Waals surface area (Å²) in [5.41, 5.74) is 1.57. The topological polar surface area (TPSA) is 36.5 Å². The van der Waals surface area contributed by atoms with Gasteiger partial charge in [0.25, 0.3) is 0 Å². The Hall–Kier alpha value is -2.21. The highest BCUT2D eigenvalue weighted by molar-refractivity contribution is 5.85. The van der Waals surface area contributed by atoms with Crippen molar-refractivity contribution in [3.8, 4) is 5.75 Å². The standard InChI is InChI=1S/C24H28FN3O.2ClH/c1-29-23-9-7-21(8-10-23)28(22-11-15-26-16-12-22)18-24(13-2-3-14-27-24)19-5-4-6-20(25)17-19;;/h2-10,13-14,17,22,26-27H,11-12,15-16,18H2,1H3;2*1H. The lowest BCUT2D eigenvalue weighted by Gasteiger charge is -2.44. The van der Waals surface area contributed by atoms with E-state index in [4.69, 9.17) is 4.74 Å². The molecule has 1 atom stereocenters. The third-order valence-electron chi connectivity index (χ3n) is 5.84. The van der Waals surface area contributed by atoms with Crippen LogP contribution in [-0.2, 0) is 5.54 Å². The van der Waals surface area contributed by atoms with Crippen molar-refractivity contribution in [3.05, 3.63) is 84.3 Å². The number of anilines is 1. The molecule has 4 nitrogen and oxygen atoms in total. The summed E-state index contributed by atoms with van der Waals surface area (Å²) < 4.78 is 19.4. The molecule has 31 heavy (non-hydrogen) atoms. The number of benzene rings is 2. The Morgan fingerprint density at radius 3 is 2.42 bits per heavy atom. The molecule has 0 radical (unpaired) electrons. The molecule has 2 aliphatic rings. The molecule has 0 bridgehead atoms. The van der Waals surface area contributed by atoms with E-state index in [1.807, 2.05) is 36.6 Å². The lowest BCUT2D eigenvalue weighted by Crippen LogP contribution is -2.53. The number of nitrogens with zero attached hydrogens (tertiary/aromatic N) is 1. The van der Waals surface area contributed by atoms with Crippen molar-refractivity contribution < 1.29 is 9.13 Å². The lowest BCUT2D eigenvalue weighted by molar-refractivity contribution is 0.383. The average Bonchev–Trinajstić information content (AvgIpc) is 2.79. The van der Waals surface area contributed by atoms with Gasteiger partial charge in [-0.2, -0.15) is 0 Å². The van der Waals surface area contributed by atoms with Crippen molar-refractivity contribution in [2.45, 2.75) is 24.4 Å². The molecule has 0 amide bonds. The Morgan fingerprint density at radius 2 is 1.81 bits per heavy atom. The minimum atomic E-state index is -0.498. The number of allylic oxidation sites excluding steroid dienone is 2. The van der Waals surface area contributed by atoms with Gasteiger partial charge in [-0.15, -0.1) is 24.8 Å². The molecule has 2 aliphatic heterocycles. The number of hydrogen-bond acceptors (Lipinski definition) is 4. The van der Waals surface area contributed by atoms with Crippen molar-refractivity contribution in [1.82, 2.24) is 10.6 Å². The molecule has 2 aromatic carbocycles. The van der Waals surface area contributed by atoms with Crippen LogP contribution in [-0.4, -0.2) is 32.8 Å². The lowest BCUT2D eigenvalue weighted by atomic mass is 9.86. The summed E-state index contributed by atoms with van der Waals surface area (Å²) in [6.45, 7) is 2.72. The summed E-state index contributed by atoms with van der Waals surface area (Å²) in [4.78, 5) is 2.46. The second-order valence-corrected chi connectivity index (χ2v) is 7.65. The molecule has 0 aliphatic carbocycles. The number of ether oxygens (including phenoxy) is 1. The number of hydrogen-bond donors (Lipinski definition) is 2. The minimum absolute atomic E-state index is 0. The normalized spacial score (nSPS) is 20.2. The number of methoxy groups -OCH3 is 1. The van der Waals surface area contributed by atoms with Gasteiger partial charge in [-0.1, -0.05) is 24.3 Å².